The van der Waals surface area contributed by atoms with E-state index in [1.54, 1.807) is 30.5 Å². The SMILES string of the molecule is O=S(=O)(N[C@@H](c1ccccn1)C1CC(O)C1)c1cccc2nsnc12. The molecule has 1 aliphatic carbocycles. The smallest absolute Gasteiger partial charge is 0.243 e. The number of aliphatic hydroxyl groups excluding tert-OH is 1. The zero-order valence-electron chi connectivity index (χ0n) is 13.1. The number of hydrogen-bond donors (Lipinski definition) is 2. The average molecular weight is 376 g/mol. The van der Waals surface area contributed by atoms with E-state index in [1.165, 1.54) is 6.07 Å². The molecule has 0 aliphatic heterocycles. The molecule has 2 N–H and O–H groups in total. The van der Waals surface area contributed by atoms with Crippen LogP contribution in [-0.2, 0) is 10.0 Å². The van der Waals surface area contributed by atoms with Crippen LogP contribution >= 0.6 is 11.7 Å². The Labute approximate surface area is 149 Å². The van der Waals surface area contributed by atoms with Gasteiger partial charge in [-0.1, -0.05) is 12.1 Å². The molecule has 7 nitrogen and oxygen atoms in total. The van der Waals surface area contributed by atoms with Crippen molar-refractivity contribution in [1.29, 1.82) is 0 Å². The monoisotopic (exact) mass is 376 g/mol. The van der Waals surface area contributed by atoms with Crippen LogP contribution in [0.4, 0.5) is 0 Å². The summed E-state index contributed by atoms with van der Waals surface area (Å²) in [6.07, 6.45) is 2.35. The number of aliphatic hydroxyl groups is 1. The molecule has 1 fully saturated rings. The second kappa shape index (κ2) is 6.41. The van der Waals surface area contributed by atoms with Crippen molar-refractivity contribution in [3.8, 4) is 0 Å². The molecule has 130 valence electrons. The maximum absolute atomic E-state index is 13.0. The number of aromatic nitrogens is 3. The molecule has 1 aliphatic rings. The normalized spacial score (nSPS) is 21.8. The third-order valence-corrected chi connectivity index (χ3v) is 6.46. The van der Waals surface area contributed by atoms with Crippen LogP contribution in [-0.4, -0.2) is 33.4 Å². The summed E-state index contributed by atoms with van der Waals surface area (Å²) in [6.45, 7) is 0. The number of nitrogens with one attached hydrogen (secondary N) is 1. The van der Waals surface area contributed by atoms with E-state index in [4.69, 9.17) is 0 Å². The maximum Gasteiger partial charge on any atom is 0.243 e. The first-order valence-corrected chi connectivity index (χ1v) is 10.1. The molecule has 2 aromatic heterocycles. The van der Waals surface area contributed by atoms with Crippen molar-refractivity contribution in [2.24, 2.45) is 5.92 Å². The van der Waals surface area contributed by atoms with Crippen molar-refractivity contribution in [2.75, 3.05) is 0 Å². The fourth-order valence-electron chi connectivity index (χ4n) is 3.09. The highest BCUT2D eigenvalue weighted by atomic mass is 32.2. The van der Waals surface area contributed by atoms with E-state index in [0.29, 0.717) is 29.6 Å². The highest BCUT2D eigenvalue weighted by Gasteiger charge is 2.38. The molecule has 25 heavy (non-hydrogen) atoms. The lowest BCUT2D eigenvalue weighted by molar-refractivity contribution is 0.0273. The van der Waals surface area contributed by atoms with Gasteiger partial charge in [0.1, 0.15) is 15.9 Å². The number of fused-ring (bicyclic) bond motifs is 1. The zero-order chi connectivity index (χ0) is 17.4. The molecule has 9 heteroatoms. The fourth-order valence-corrected chi connectivity index (χ4v) is 5.13. The Balaban J connectivity index is 1.70. The summed E-state index contributed by atoms with van der Waals surface area (Å²) < 4.78 is 37.0. The summed E-state index contributed by atoms with van der Waals surface area (Å²) in [6, 6.07) is 9.82. The van der Waals surface area contributed by atoms with Crippen molar-refractivity contribution in [3.05, 3.63) is 48.3 Å². The molecular formula is C16H16N4O3S2. The van der Waals surface area contributed by atoms with Crippen LogP contribution < -0.4 is 4.72 Å². The Morgan fingerprint density at radius 2 is 2.00 bits per heavy atom. The fraction of sp³-hybridized carbons (Fsp3) is 0.312. The van der Waals surface area contributed by atoms with Gasteiger partial charge in [-0.15, -0.1) is 0 Å². The molecule has 0 bridgehead atoms. The minimum atomic E-state index is -3.81. The van der Waals surface area contributed by atoms with Crippen LogP contribution in [0.2, 0.25) is 0 Å². The number of benzene rings is 1. The third-order valence-electron chi connectivity index (χ3n) is 4.45. The molecule has 0 amide bonds. The standard InChI is InChI=1S/C16H16N4O3S2/c21-11-8-10(9-11)15(12-4-1-2-7-17-12)20-25(22,23)14-6-3-5-13-16(14)19-24-18-13/h1-7,10-11,15,20-21H,8-9H2/t10?,11?,15-/m1/s1. The highest BCUT2D eigenvalue weighted by Crippen LogP contribution is 2.38. The van der Waals surface area contributed by atoms with Crippen LogP contribution in [0.1, 0.15) is 24.6 Å². The first-order valence-electron chi connectivity index (χ1n) is 7.87. The van der Waals surface area contributed by atoms with Gasteiger partial charge < -0.3 is 5.11 Å². The van der Waals surface area contributed by atoms with Gasteiger partial charge in [0.15, 0.2) is 0 Å². The second-order valence-electron chi connectivity index (χ2n) is 6.13. The molecule has 0 spiro atoms. The summed E-state index contributed by atoms with van der Waals surface area (Å²) in [4.78, 5) is 4.41. The van der Waals surface area contributed by atoms with E-state index in [2.05, 4.69) is 18.5 Å². The van der Waals surface area contributed by atoms with Gasteiger partial charge in [0.05, 0.1) is 29.6 Å². The maximum atomic E-state index is 13.0. The lowest BCUT2D eigenvalue weighted by atomic mass is 9.76. The lowest BCUT2D eigenvalue weighted by Gasteiger charge is -2.37. The van der Waals surface area contributed by atoms with Crippen molar-refractivity contribution in [2.45, 2.75) is 29.9 Å². The van der Waals surface area contributed by atoms with E-state index in [0.717, 1.165) is 11.7 Å². The number of sulfonamides is 1. The molecule has 0 saturated heterocycles. The van der Waals surface area contributed by atoms with E-state index >= 15 is 0 Å². The van der Waals surface area contributed by atoms with Crippen molar-refractivity contribution >= 4 is 32.8 Å². The summed E-state index contributed by atoms with van der Waals surface area (Å²) in [5, 5.41) is 9.63. The number of rotatable bonds is 5. The van der Waals surface area contributed by atoms with E-state index in [-0.39, 0.29) is 16.9 Å². The predicted molar refractivity (Wildman–Crippen MR) is 93.4 cm³/mol. The van der Waals surface area contributed by atoms with Gasteiger partial charge >= 0.3 is 0 Å². The largest absolute Gasteiger partial charge is 0.393 e. The second-order valence-corrected chi connectivity index (χ2v) is 8.34. The van der Waals surface area contributed by atoms with Crippen LogP contribution in [0.3, 0.4) is 0 Å². The molecule has 1 saturated carbocycles. The minimum Gasteiger partial charge on any atom is -0.393 e. The van der Waals surface area contributed by atoms with E-state index in [9.17, 15) is 13.5 Å². The summed E-state index contributed by atoms with van der Waals surface area (Å²) in [5.41, 5.74) is 1.57. The van der Waals surface area contributed by atoms with Gasteiger partial charge in [-0.05, 0) is 43.0 Å². The summed E-state index contributed by atoms with van der Waals surface area (Å²) >= 11 is 0.983. The first kappa shape index (κ1) is 16.5. The molecular weight excluding hydrogens is 360 g/mol. The van der Waals surface area contributed by atoms with E-state index in [1.807, 2.05) is 6.07 Å². The lowest BCUT2D eigenvalue weighted by Crippen LogP contribution is -2.41. The zero-order valence-corrected chi connectivity index (χ0v) is 14.7. The Kier molecular flexibility index (Phi) is 4.24. The number of hydrogen-bond acceptors (Lipinski definition) is 7. The van der Waals surface area contributed by atoms with Gasteiger partial charge in [0, 0.05) is 6.20 Å². The Morgan fingerprint density at radius 3 is 2.72 bits per heavy atom. The van der Waals surface area contributed by atoms with E-state index < -0.39 is 16.1 Å². The molecule has 4 rings (SSSR count). The van der Waals surface area contributed by atoms with Crippen LogP contribution in [0.5, 0.6) is 0 Å². The minimum absolute atomic E-state index is 0.00689. The van der Waals surface area contributed by atoms with Crippen molar-refractivity contribution < 1.29 is 13.5 Å². The molecule has 1 aromatic carbocycles. The molecule has 2 heterocycles. The molecule has 0 radical (unpaired) electrons. The summed E-state index contributed by atoms with van der Waals surface area (Å²) in [7, 11) is -3.81. The summed E-state index contributed by atoms with van der Waals surface area (Å²) in [5.74, 6) is 0.00689. The number of pyridine rings is 1. The van der Waals surface area contributed by atoms with Gasteiger partial charge in [0.25, 0.3) is 0 Å². The molecule has 0 unspecified atom stereocenters. The van der Waals surface area contributed by atoms with Gasteiger partial charge in [-0.3, -0.25) is 4.98 Å². The topological polar surface area (TPSA) is 105 Å². The Morgan fingerprint density at radius 1 is 1.16 bits per heavy atom. The van der Waals surface area contributed by atoms with Crippen LogP contribution in [0.25, 0.3) is 11.0 Å². The van der Waals surface area contributed by atoms with Gasteiger partial charge in [-0.2, -0.15) is 8.75 Å². The first-order chi connectivity index (χ1) is 12.0. The van der Waals surface area contributed by atoms with Crippen molar-refractivity contribution in [3.63, 3.8) is 0 Å². The molecule has 1 atom stereocenters. The Bertz CT molecular complexity index is 985. The van der Waals surface area contributed by atoms with Crippen LogP contribution in [0.15, 0.2) is 47.5 Å². The van der Waals surface area contributed by atoms with Crippen molar-refractivity contribution in [1.82, 2.24) is 18.5 Å². The predicted octanol–water partition coefficient (Wildman–Crippen LogP) is 1.88. The van der Waals surface area contributed by atoms with Gasteiger partial charge in [-0.25, -0.2) is 13.1 Å². The average Bonchev–Trinajstić information content (AvgIpc) is 3.06. The highest BCUT2D eigenvalue weighted by molar-refractivity contribution is 7.89. The quantitative estimate of drug-likeness (QED) is 0.704. The van der Waals surface area contributed by atoms with Crippen LogP contribution in [0, 0.1) is 5.92 Å². The third kappa shape index (κ3) is 3.15. The molecule has 3 aromatic rings. The Hall–Kier alpha value is -1.94. The van der Waals surface area contributed by atoms with Gasteiger partial charge in [0.2, 0.25) is 10.0 Å². The number of nitrogens with zero attached hydrogens (tertiary/aromatic N) is 3.